The number of amides is 1. The minimum Gasteiger partial charge on any atom is -0.345 e. The van der Waals surface area contributed by atoms with Crippen molar-refractivity contribution >= 4 is 5.91 Å². The van der Waals surface area contributed by atoms with E-state index in [0.717, 1.165) is 12.4 Å². The van der Waals surface area contributed by atoms with Crippen LogP contribution in [0.25, 0.3) is 0 Å². The van der Waals surface area contributed by atoms with Crippen LogP contribution in [0, 0.1) is 0 Å². The Morgan fingerprint density at radius 2 is 1.78 bits per heavy atom. The molecule has 1 aliphatic heterocycles. The molecule has 1 aromatic heterocycles. The van der Waals surface area contributed by atoms with Gasteiger partial charge in [-0.3, -0.25) is 9.69 Å². The second kappa shape index (κ2) is 8.65. The quantitative estimate of drug-likeness (QED) is 0.851. The van der Waals surface area contributed by atoms with E-state index >= 15 is 0 Å². The molecule has 1 aromatic carbocycles. The van der Waals surface area contributed by atoms with Gasteiger partial charge in [0.2, 0.25) is 0 Å². The Bertz CT molecular complexity index is 742. The number of rotatable bonds is 6. The Hall–Kier alpha value is -2.21. The van der Waals surface area contributed by atoms with Gasteiger partial charge in [-0.25, -0.2) is 0 Å². The monoisotopic (exact) mass is 367 g/mol. The normalized spacial score (nSPS) is 18.7. The largest absolute Gasteiger partial charge is 0.345 e. The summed E-state index contributed by atoms with van der Waals surface area (Å²) in [6, 6.07) is 8.46. The lowest BCUT2D eigenvalue weighted by molar-refractivity contribution is 0.0949. The van der Waals surface area contributed by atoms with Crippen molar-refractivity contribution in [1.82, 2.24) is 25.0 Å². The second-order valence-electron chi connectivity index (χ2n) is 7.81. The highest BCUT2D eigenvalue weighted by Gasteiger charge is 2.19. The van der Waals surface area contributed by atoms with E-state index in [1.54, 1.807) is 0 Å². The molecule has 1 amide bonds. The summed E-state index contributed by atoms with van der Waals surface area (Å²) in [6.45, 7) is 3.77. The number of nitrogens with zero attached hydrogens (tertiary/aromatic N) is 4. The van der Waals surface area contributed by atoms with Gasteiger partial charge in [0.15, 0.2) is 5.82 Å². The van der Waals surface area contributed by atoms with Gasteiger partial charge in [0.1, 0.15) is 6.33 Å². The van der Waals surface area contributed by atoms with Gasteiger partial charge in [0, 0.05) is 18.2 Å². The maximum atomic E-state index is 12.5. The van der Waals surface area contributed by atoms with Crippen molar-refractivity contribution in [3.63, 3.8) is 0 Å². The Balaban J connectivity index is 1.32. The highest BCUT2D eigenvalue weighted by molar-refractivity contribution is 5.94. The van der Waals surface area contributed by atoms with Crippen LogP contribution >= 0.6 is 0 Å². The van der Waals surface area contributed by atoms with Gasteiger partial charge in [-0.1, -0.05) is 31.4 Å². The molecule has 0 radical (unpaired) electrons. The molecule has 1 saturated heterocycles. The fourth-order valence-corrected chi connectivity index (χ4v) is 4.28. The van der Waals surface area contributed by atoms with Crippen molar-refractivity contribution in [3.8, 4) is 0 Å². The number of nitrogens with one attached hydrogen (secondary N) is 1. The van der Waals surface area contributed by atoms with Crippen molar-refractivity contribution in [1.29, 1.82) is 0 Å². The first-order valence-corrected chi connectivity index (χ1v) is 10.3. The predicted octanol–water partition coefficient (Wildman–Crippen LogP) is 3.31. The lowest BCUT2D eigenvalue weighted by atomic mass is 9.95. The zero-order valence-electron chi connectivity index (χ0n) is 15.9. The van der Waals surface area contributed by atoms with Gasteiger partial charge in [-0.2, -0.15) is 0 Å². The minimum atomic E-state index is -0.0547. The number of carbonyl (C=O) groups excluding carboxylic acids is 1. The summed E-state index contributed by atoms with van der Waals surface area (Å²) >= 11 is 0. The number of carbonyl (C=O) groups is 1. The Morgan fingerprint density at radius 3 is 2.52 bits per heavy atom. The van der Waals surface area contributed by atoms with Gasteiger partial charge in [-0.15, -0.1) is 10.2 Å². The third-order valence-electron chi connectivity index (χ3n) is 5.84. The van der Waals surface area contributed by atoms with E-state index in [-0.39, 0.29) is 5.91 Å². The van der Waals surface area contributed by atoms with Crippen LogP contribution in [0.2, 0.25) is 0 Å². The zero-order chi connectivity index (χ0) is 18.5. The Morgan fingerprint density at radius 1 is 1.04 bits per heavy atom. The van der Waals surface area contributed by atoms with Gasteiger partial charge in [0.25, 0.3) is 5.91 Å². The van der Waals surface area contributed by atoms with E-state index in [0.29, 0.717) is 18.2 Å². The molecule has 2 heterocycles. The summed E-state index contributed by atoms with van der Waals surface area (Å²) in [7, 11) is 0. The van der Waals surface area contributed by atoms with E-state index in [9.17, 15) is 4.79 Å². The molecule has 2 aliphatic rings. The van der Waals surface area contributed by atoms with Gasteiger partial charge in [0.05, 0.1) is 6.54 Å². The van der Waals surface area contributed by atoms with Crippen LogP contribution in [0.1, 0.15) is 72.7 Å². The maximum absolute atomic E-state index is 12.5. The first-order valence-electron chi connectivity index (χ1n) is 10.3. The highest BCUT2D eigenvalue weighted by Crippen LogP contribution is 2.28. The average molecular weight is 367 g/mol. The first-order chi connectivity index (χ1) is 13.3. The summed E-state index contributed by atoms with van der Waals surface area (Å²) in [6.07, 6.45) is 10.6. The van der Waals surface area contributed by atoms with Crippen LogP contribution in [0.3, 0.4) is 0 Å². The van der Waals surface area contributed by atoms with Crippen molar-refractivity contribution in [2.24, 2.45) is 0 Å². The first kappa shape index (κ1) is 18.2. The molecular weight excluding hydrogens is 338 g/mol. The van der Waals surface area contributed by atoms with Crippen molar-refractivity contribution in [2.45, 2.75) is 64.1 Å². The van der Waals surface area contributed by atoms with E-state index in [4.69, 9.17) is 0 Å². The molecule has 2 aromatic rings. The molecule has 0 unspecified atom stereocenters. The molecular formula is C21H29N5O. The highest BCUT2D eigenvalue weighted by atomic mass is 16.1. The van der Waals surface area contributed by atoms with Crippen LogP contribution in [-0.4, -0.2) is 38.7 Å². The van der Waals surface area contributed by atoms with Crippen LogP contribution in [0.5, 0.6) is 0 Å². The average Bonchev–Trinajstić information content (AvgIpc) is 3.39. The summed E-state index contributed by atoms with van der Waals surface area (Å²) in [5, 5.41) is 11.3. The molecule has 144 valence electrons. The molecule has 27 heavy (non-hydrogen) atoms. The number of likely N-dealkylation sites (tertiary alicyclic amines) is 1. The molecule has 0 atom stereocenters. The molecule has 1 N–H and O–H groups in total. The zero-order valence-corrected chi connectivity index (χ0v) is 15.9. The number of hydrogen-bond donors (Lipinski definition) is 1. The third-order valence-corrected chi connectivity index (χ3v) is 5.84. The van der Waals surface area contributed by atoms with Crippen LogP contribution in [0.4, 0.5) is 0 Å². The van der Waals surface area contributed by atoms with Gasteiger partial charge >= 0.3 is 0 Å². The Kier molecular flexibility index (Phi) is 5.82. The van der Waals surface area contributed by atoms with E-state index < -0.39 is 0 Å². The predicted molar refractivity (Wildman–Crippen MR) is 104 cm³/mol. The van der Waals surface area contributed by atoms with Gasteiger partial charge < -0.3 is 9.88 Å². The topological polar surface area (TPSA) is 63.1 Å². The van der Waals surface area contributed by atoms with E-state index in [1.807, 2.05) is 18.5 Å². The molecule has 0 spiro atoms. The minimum absolute atomic E-state index is 0.0547. The van der Waals surface area contributed by atoms with Crippen LogP contribution < -0.4 is 5.32 Å². The lowest BCUT2D eigenvalue weighted by Crippen LogP contribution is -2.26. The fourth-order valence-electron chi connectivity index (χ4n) is 4.28. The summed E-state index contributed by atoms with van der Waals surface area (Å²) in [5.41, 5.74) is 1.97. The van der Waals surface area contributed by atoms with Crippen molar-refractivity contribution in [3.05, 3.63) is 47.5 Å². The van der Waals surface area contributed by atoms with E-state index in [2.05, 4.69) is 37.1 Å². The Labute approximate surface area is 161 Å². The number of aromatic nitrogens is 3. The molecule has 1 saturated carbocycles. The van der Waals surface area contributed by atoms with Crippen molar-refractivity contribution in [2.75, 3.05) is 13.1 Å². The summed E-state index contributed by atoms with van der Waals surface area (Å²) < 4.78 is 2.15. The van der Waals surface area contributed by atoms with Gasteiger partial charge in [-0.05, 0) is 56.5 Å². The molecule has 1 aliphatic carbocycles. The summed E-state index contributed by atoms with van der Waals surface area (Å²) in [5.74, 6) is 0.793. The lowest BCUT2D eigenvalue weighted by Gasteiger charge is -2.24. The number of benzene rings is 1. The van der Waals surface area contributed by atoms with Crippen LogP contribution in [0.15, 0.2) is 30.6 Å². The second-order valence-corrected chi connectivity index (χ2v) is 7.81. The molecule has 2 fully saturated rings. The molecule has 4 rings (SSSR count). The summed E-state index contributed by atoms with van der Waals surface area (Å²) in [4.78, 5) is 15.0. The fraction of sp³-hybridized carbons (Fsp3) is 0.571. The SMILES string of the molecule is O=C(NCc1nncn1C1CCCCC1)c1ccc(CN2CCCC2)cc1. The molecule has 6 nitrogen and oxygen atoms in total. The molecule has 0 bridgehead atoms. The smallest absolute Gasteiger partial charge is 0.251 e. The standard InChI is InChI=1S/C21H29N5O/c27-21(18-10-8-17(9-11-18)15-25-12-4-5-13-25)22-14-20-24-23-16-26(20)19-6-2-1-3-7-19/h8-11,16,19H,1-7,12-15H2,(H,22,27). The van der Waals surface area contributed by atoms with Crippen molar-refractivity contribution < 1.29 is 4.79 Å². The number of hydrogen-bond acceptors (Lipinski definition) is 4. The third kappa shape index (κ3) is 4.56. The maximum Gasteiger partial charge on any atom is 0.251 e. The van der Waals surface area contributed by atoms with Crippen LogP contribution in [-0.2, 0) is 13.1 Å². The molecule has 6 heteroatoms. The van der Waals surface area contributed by atoms with E-state index in [1.165, 1.54) is 63.6 Å².